The van der Waals surface area contributed by atoms with E-state index in [9.17, 15) is 14.7 Å². The van der Waals surface area contributed by atoms with Crippen molar-refractivity contribution in [2.45, 2.75) is 50.4 Å². The molecule has 1 aromatic rings. The molecule has 20 heavy (non-hydrogen) atoms. The molecule has 1 heterocycles. The van der Waals surface area contributed by atoms with Gasteiger partial charge in [-0.25, -0.2) is 0 Å². The van der Waals surface area contributed by atoms with Crippen molar-refractivity contribution in [3.8, 4) is 0 Å². The zero-order valence-corrected chi connectivity index (χ0v) is 11.4. The SMILES string of the molecule is O=C1CCc2ccc(C3(C(=O)O)CCCCC3)cc2N1. The summed E-state index contributed by atoms with van der Waals surface area (Å²) in [6.45, 7) is 0. The second-order valence-corrected chi connectivity index (χ2v) is 5.87. The summed E-state index contributed by atoms with van der Waals surface area (Å²) in [5.74, 6) is -0.720. The minimum Gasteiger partial charge on any atom is -0.481 e. The Balaban J connectivity index is 2.02. The summed E-state index contributed by atoms with van der Waals surface area (Å²) in [6.07, 6.45) is 5.64. The van der Waals surface area contributed by atoms with Crippen molar-refractivity contribution in [3.05, 3.63) is 29.3 Å². The molecule has 0 atom stereocenters. The maximum Gasteiger partial charge on any atom is 0.314 e. The molecule has 3 rings (SSSR count). The summed E-state index contributed by atoms with van der Waals surface area (Å²) < 4.78 is 0. The van der Waals surface area contributed by atoms with Gasteiger partial charge in [0.05, 0.1) is 5.41 Å². The van der Waals surface area contributed by atoms with Crippen molar-refractivity contribution in [1.29, 1.82) is 0 Å². The molecule has 4 nitrogen and oxygen atoms in total. The van der Waals surface area contributed by atoms with Gasteiger partial charge in [0.2, 0.25) is 5.91 Å². The van der Waals surface area contributed by atoms with Crippen LogP contribution in [-0.4, -0.2) is 17.0 Å². The van der Waals surface area contributed by atoms with Crippen LogP contribution in [0.2, 0.25) is 0 Å². The van der Waals surface area contributed by atoms with E-state index in [0.717, 1.165) is 42.5 Å². The molecule has 4 heteroatoms. The van der Waals surface area contributed by atoms with E-state index in [0.29, 0.717) is 19.3 Å². The number of carbonyl (C=O) groups excluding carboxylic acids is 1. The third-order valence-electron chi connectivity index (χ3n) is 4.67. The summed E-state index contributed by atoms with van der Waals surface area (Å²) in [6, 6.07) is 5.80. The Hall–Kier alpha value is -1.84. The molecular weight excluding hydrogens is 254 g/mol. The highest BCUT2D eigenvalue weighted by Crippen LogP contribution is 2.41. The molecule has 0 radical (unpaired) electrons. The number of anilines is 1. The van der Waals surface area contributed by atoms with E-state index in [2.05, 4.69) is 5.32 Å². The fraction of sp³-hybridized carbons (Fsp3) is 0.500. The number of hydrogen-bond acceptors (Lipinski definition) is 2. The number of aryl methyl sites for hydroxylation is 1. The second-order valence-electron chi connectivity index (χ2n) is 5.87. The normalized spacial score (nSPS) is 20.9. The van der Waals surface area contributed by atoms with Crippen LogP contribution < -0.4 is 5.32 Å². The van der Waals surface area contributed by atoms with Crippen LogP contribution in [0.15, 0.2) is 18.2 Å². The Kier molecular flexibility index (Phi) is 3.24. The van der Waals surface area contributed by atoms with Gasteiger partial charge < -0.3 is 10.4 Å². The van der Waals surface area contributed by atoms with Crippen LogP contribution in [0.25, 0.3) is 0 Å². The van der Waals surface area contributed by atoms with Crippen LogP contribution in [0.1, 0.15) is 49.7 Å². The maximum absolute atomic E-state index is 11.8. The van der Waals surface area contributed by atoms with Crippen LogP contribution in [0.3, 0.4) is 0 Å². The van der Waals surface area contributed by atoms with Crippen molar-refractivity contribution in [2.75, 3.05) is 5.32 Å². The lowest BCUT2D eigenvalue weighted by atomic mass is 9.69. The topological polar surface area (TPSA) is 66.4 Å². The highest BCUT2D eigenvalue weighted by Gasteiger charge is 2.41. The average Bonchev–Trinajstić information content (AvgIpc) is 2.47. The molecule has 106 valence electrons. The molecule has 1 fully saturated rings. The Bertz CT molecular complexity index is 559. The summed E-state index contributed by atoms with van der Waals surface area (Å²) in [5, 5.41) is 12.6. The number of hydrogen-bond donors (Lipinski definition) is 2. The largest absolute Gasteiger partial charge is 0.481 e. The fourth-order valence-electron chi connectivity index (χ4n) is 3.45. The maximum atomic E-state index is 11.8. The summed E-state index contributed by atoms with van der Waals surface area (Å²) in [5.41, 5.74) is 1.97. The average molecular weight is 273 g/mol. The van der Waals surface area contributed by atoms with Gasteiger partial charge in [0.25, 0.3) is 0 Å². The van der Waals surface area contributed by atoms with Crippen molar-refractivity contribution >= 4 is 17.6 Å². The van der Waals surface area contributed by atoms with Gasteiger partial charge in [0.15, 0.2) is 0 Å². The molecule has 0 aromatic heterocycles. The molecule has 0 bridgehead atoms. The van der Waals surface area contributed by atoms with E-state index in [4.69, 9.17) is 0 Å². The van der Waals surface area contributed by atoms with Gasteiger partial charge in [-0.05, 0) is 36.5 Å². The number of aliphatic carboxylic acids is 1. The second kappa shape index (κ2) is 4.93. The molecule has 1 aliphatic carbocycles. The molecule has 0 unspecified atom stereocenters. The van der Waals surface area contributed by atoms with Gasteiger partial charge in [-0.2, -0.15) is 0 Å². The quantitative estimate of drug-likeness (QED) is 0.870. The molecule has 2 N–H and O–H groups in total. The Morgan fingerprint density at radius 3 is 2.60 bits per heavy atom. The molecule has 2 aliphatic rings. The van der Waals surface area contributed by atoms with E-state index >= 15 is 0 Å². The van der Waals surface area contributed by atoms with E-state index in [-0.39, 0.29) is 5.91 Å². The summed E-state index contributed by atoms with van der Waals surface area (Å²) >= 11 is 0. The lowest BCUT2D eigenvalue weighted by Gasteiger charge is -2.34. The first kappa shape index (κ1) is 13.2. The Morgan fingerprint density at radius 1 is 1.15 bits per heavy atom. The smallest absolute Gasteiger partial charge is 0.314 e. The number of benzene rings is 1. The van der Waals surface area contributed by atoms with E-state index < -0.39 is 11.4 Å². The third kappa shape index (κ3) is 2.09. The Labute approximate surface area is 118 Å². The number of carboxylic acid groups (broad SMARTS) is 1. The van der Waals surface area contributed by atoms with E-state index in [1.807, 2.05) is 18.2 Å². The summed E-state index contributed by atoms with van der Waals surface area (Å²) in [7, 11) is 0. The first-order valence-electron chi connectivity index (χ1n) is 7.28. The molecule has 0 spiro atoms. The standard InChI is InChI=1S/C16H19NO3/c18-14-7-5-11-4-6-12(10-13(11)17-14)16(15(19)20)8-2-1-3-9-16/h4,6,10H,1-3,5,7-9H2,(H,17,18)(H,19,20). The molecule has 1 aliphatic heterocycles. The van der Waals surface area contributed by atoms with Crippen LogP contribution in [-0.2, 0) is 21.4 Å². The number of amides is 1. The zero-order valence-electron chi connectivity index (χ0n) is 11.4. The third-order valence-corrected chi connectivity index (χ3v) is 4.67. The highest BCUT2D eigenvalue weighted by atomic mass is 16.4. The first-order chi connectivity index (χ1) is 9.62. The Morgan fingerprint density at radius 2 is 1.90 bits per heavy atom. The lowest BCUT2D eigenvalue weighted by Crippen LogP contribution is -2.38. The summed E-state index contributed by atoms with van der Waals surface area (Å²) in [4.78, 5) is 23.3. The van der Waals surface area contributed by atoms with Gasteiger partial charge in [0.1, 0.15) is 0 Å². The molecule has 0 saturated heterocycles. The monoisotopic (exact) mass is 273 g/mol. The van der Waals surface area contributed by atoms with Gasteiger partial charge in [-0.15, -0.1) is 0 Å². The van der Waals surface area contributed by atoms with E-state index in [1.165, 1.54) is 0 Å². The predicted octanol–water partition coefficient (Wildman–Crippen LogP) is 2.86. The van der Waals surface area contributed by atoms with Gasteiger partial charge in [-0.1, -0.05) is 31.4 Å². The van der Waals surface area contributed by atoms with Gasteiger partial charge >= 0.3 is 5.97 Å². The van der Waals surface area contributed by atoms with Crippen molar-refractivity contribution in [2.24, 2.45) is 0 Å². The van der Waals surface area contributed by atoms with Crippen molar-refractivity contribution < 1.29 is 14.7 Å². The number of rotatable bonds is 2. The fourth-order valence-corrected chi connectivity index (χ4v) is 3.45. The molecule has 1 amide bonds. The lowest BCUT2D eigenvalue weighted by molar-refractivity contribution is -0.145. The van der Waals surface area contributed by atoms with Gasteiger partial charge in [-0.3, -0.25) is 9.59 Å². The highest BCUT2D eigenvalue weighted by molar-refractivity contribution is 5.94. The van der Waals surface area contributed by atoms with Gasteiger partial charge in [0, 0.05) is 12.1 Å². The number of fused-ring (bicyclic) bond motifs is 1. The van der Waals surface area contributed by atoms with Crippen molar-refractivity contribution in [3.63, 3.8) is 0 Å². The number of carbonyl (C=O) groups is 2. The minimum atomic E-state index is -0.768. The molecule has 1 aromatic carbocycles. The van der Waals surface area contributed by atoms with Crippen LogP contribution in [0, 0.1) is 0 Å². The molecular formula is C16H19NO3. The predicted molar refractivity (Wildman–Crippen MR) is 75.8 cm³/mol. The number of carboxylic acids is 1. The molecule has 1 saturated carbocycles. The number of nitrogens with one attached hydrogen (secondary N) is 1. The first-order valence-corrected chi connectivity index (χ1v) is 7.28. The van der Waals surface area contributed by atoms with Crippen LogP contribution in [0.4, 0.5) is 5.69 Å². The van der Waals surface area contributed by atoms with Crippen LogP contribution >= 0.6 is 0 Å². The minimum absolute atomic E-state index is 0.0164. The van der Waals surface area contributed by atoms with Crippen LogP contribution in [0.5, 0.6) is 0 Å². The van der Waals surface area contributed by atoms with Crippen molar-refractivity contribution in [1.82, 2.24) is 0 Å². The zero-order chi connectivity index (χ0) is 14.2. The van der Waals surface area contributed by atoms with E-state index in [1.54, 1.807) is 0 Å².